The van der Waals surface area contributed by atoms with Gasteiger partial charge in [-0.1, -0.05) is 0 Å². The predicted molar refractivity (Wildman–Crippen MR) is 92.8 cm³/mol. The minimum absolute atomic E-state index is 0.142. The summed E-state index contributed by atoms with van der Waals surface area (Å²) in [5.74, 6) is -2.51. The standard InChI is InChI=1S/C19H24F6N2O2/c1-9-26-13-7-11(3-5-15(13)28-9)17(18(20,21)22,19(23,24)25)12-4-6-16-14(8-12)27-10(2)29-16/h11-16H,3-8H2,1-2H3. The molecule has 4 nitrogen and oxygen atoms in total. The number of hydrogen-bond acceptors (Lipinski definition) is 4. The van der Waals surface area contributed by atoms with Gasteiger partial charge in [-0.25, -0.2) is 9.98 Å². The lowest BCUT2D eigenvalue weighted by molar-refractivity contribution is -0.383. The van der Waals surface area contributed by atoms with E-state index in [1.165, 1.54) is 0 Å². The van der Waals surface area contributed by atoms with Crippen LogP contribution in [-0.4, -0.2) is 48.4 Å². The lowest BCUT2D eigenvalue weighted by Crippen LogP contribution is -2.62. The number of alkyl halides is 6. The summed E-state index contributed by atoms with van der Waals surface area (Å²) in [6, 6.07) is -1.30. The molecule has 4 rings (SSSR count). The van der Waals surface area contributed by atoms with E-state index in [9.17, 15) is 26.3 Å². The second-order valence-corrected chi connectivity index (χ2v) is 8.63. The highest BCUT2D eigenvalue weighted by Crippen LogP contribution is 2.65. The third-order valence-corrected chi connectivity index (χ3v) is 7.07. The molecule has 0 aromatic rings. The molecular weight excluding hydrogens is 402 g/mol. The summed E-state index contributed by atoms with van der Waals surface area (Å²) in [6.07, 6.45) is -12.3. The first kappa shape index (κ1) is 20.8. The molecule has 2 aliphatic heterocycles. The highest BCUT2D eigenvalue weighted by molar-refractivity contribution is 5.75. The van der Waals surface area contributed by atoms with E-state index in [0.29, 0.717) is 11.8 Å². The summed E-state index contributed by atoms with van der Waals surface area (Å²) < 4.78 is 97.5. The second-order valence-electron chi connectivity index (χ2n) is 8.63. The van der Waals surface area contributed by atoms with Crippen LogP contribution in [0.15, 0.2) is 9.98 Å². The third-order valence-electron chi connectivity index (χ3n) is 7.07. The number of rotatable bonds is 2. The average Bonchev–Trinajstić information content (AvgIpc) is 3.12. The van der Waals surface area contributed by atoms with Crippen molar-refractivity contribution >= 4 is 11.8 Å². The Balaban J connectivity index is 1.72. The zero-order valence-corrected chi connectivity index (χ0v) is 16.2. The number of halogens is 6. The molecule has 29 heavy (non-hydrogen) atoms. The van der Waals surface area contributed by atoms with Gasteiger partial charge in [0.25, 0.3) is 0 Å². The molecule has 10 heteroatoms. The summed E-state index contributed by atoms with van der Waals surface area (Å²) >= 11 is 0. The van der Waals surface area contributed by atoms with Crippen LogP contribution in [-0.2, 0) is 9.47 Å². The number of nitrogens with zero attached hydrogens (tertiary/aromatic N) is 2. The van der Waals surface area contributed by atoms with Gasteiger partial charge in [0.05, 0.1) is 12.1 Å². The highest BCUT2D eigenvalue weighted by atomic mass is 19.4. The van der Waals surface area contributed by atoms with Crippen LogP contribution in [0.2, 0.25) is 0 Å². The van der Waals surface area contributed by atoms with Crippen molar-refractivity contribution in [3.05, 3.63) is 0 Å². The van der Waals surface area contributed by atoms with Gasteiger partial charge < -0.3 is 9.47 Å². The van der Waals surface area contributed by atoms with Gasteiger partial charge in [0.2, 0.25) is 0 Å². The number of ether oxygens (including phenoxy) is 2. The van der Waals surface area contributed by atoms with Crippen LogP contribution in [0, 0.1) is 17.3 Å². The van der Waals surface area contributed by atoms with Crippen LogP contribution in [0.5, 0.6) is 0 Å². The van der Waals surface area contributed by atoms with Gasteiger partial charge in [-0.2, -0.15) is 26.3 Å². The molecule has 2 heterocycles. The Morgan fingerprint density at radius 2 is 1.07 bits per heavy atom. The molecule has 4 aliphatic rings. The maximum atomic E-state index is 14.4. The molecule has 0 spiro atoms. The van der Waals surface area contributed by atoms with Crippen molar-refractivity contribution in [1.82, 2.24) is 0 Å². The minimum Gasteiger partial charge on any atom is -0.476 e. The largest absolute Gasteiger partial charge is 0.476 e. The average molecular weight is 426 g/mol. The van der Waals surface area contributed by atoms with E-state index in [2.05, 4.69) is 9.98 Å². The lowest BCUT2D eigenvalue weighted by Gasteiger charge is -2.51. The molecule has 0 saturated heterocycles. The van der Waals surface area contributed by atoms with E-state index in [4.69, 9.17) is 9.47 Å². The van der Waals surface area contributed by atoms with Gasteiger partial charge in [-0.05, 0) is 50.4 Å². The second kappa shape index (κ2) is 6.77. The fourth-order valence-corrected chi connectivity index (χ4v) is 6.00. The monoisotopic (exact) mass is 426 g/mol. The van der Waals surface area contributed by atoms with Gasteiger partial charge >= 0.3 is 12.4 Å². The normalized spacial score (nSPS) is 37.8. The maximum absolute atomic E-state index is 14.4. The molecule has 0 aromatic carbocycles. The molecular formula is C19H24F6N2O2. The van der Waals surface area contributed by atoms with E-state index in [0.717, 1.165) is 0 Å². The summed E-state index contributed by atoms with van der Waals surface area (Å²) in [6.45, 7) is 3.16. The maximum Gasteiger partial charge on any atom is 0.403 e. The Hall–Kier alpha value is -1.48. The lowest BCUT2D eigenvalue weighted by atomic mass is 9.56. The van der Waals surface area contributed by atoms with Crippen molar-refractivity contribution in [2.45, 2.75) is 89.0 Å². The van der Waals surface area contributed by atoms with Gasteiger partial charge in [-0.15, -0.1) is 0 Å². The molecule has 164 valence electrons. The predicted octanol–water partition coefficient (Wildman–Crippen LogP) is 5.07. The molecule has 0 aromatic heterocycles. The molecule has 0 bridgehead atoms. The summed E-state index contributed by atoms with van der Waals surface area (Å²) in [5.41, 5.74) is -3.77. The van der Waals surface area contributed by atoms with Crippen LogP contribution in [0.3, 0.4) is 0 Å². The van der Waals surface area contributed by atoms with Crippen molar-refractivity contribution < 1.29 is 35.8 Å². The van der Waals surface area contributed by atoms with Gasteiger partial charge in [-0.3, -0.25) is 0 Å². The quantitative estimate of drug-likeness (QED) is 0.579. The van der Waals surface area contributed by atoms with Gasteiger partial charge in [0, 0.05) is 13.8 Å². The van der Waals surface area contributed by atoms with Crippen LogP contribution >= 0.6 is 0 Å². The number of hydrogen-bond donors (Lipinski definition) is 0. The summed E-state index contributed by atoms with van der Waals surface area (Å²) in [4.78, 5) is 8.33. The molecule has 2 fully saturated rings. The van der Waals surface area contributed by atoms with Crippen molar-refractivity contribution in [2.75, 3.05) is 0 Å². The zero-order valence-electron chi connectivity index (χ0n) is 16.2. The van der Waals surface area contributed by atoms with Crippen LogP contribution in [0.1, 0.15) is 52.4 Å². The van der Waals surface area contributed by atoms with Crippen molar-refractivity contribution in [2.24, 2.45) is 27.2 Å². The Morgan fingerprint density at radius 1 is 0.690 bits per heavy atom. The zero-order chi connectivity index (χ0) is 21.2. The first-order chi connectivity index (χ1) is 13.4. The number of aliphatic imine (C=N–C) groups is 2. The van der Waals surface area contributed by atoms with Crippen molar-refractivity contribution in [3.8, 4) is 0 Å². The van der Waals surface area contributed by atoms with E-state index < -0.39 is 53.9 Å². The van der Waals surface area contributed by atoms with Gasteiger partial charge in [0.15, 0.2) is 17.2 Å². The Kier molecular flexibility index (Phi) is 4.85. The van der Waals surface area contributed by atoms with E-state index in [1.807, 2.05) is 0 Å². The highest BCUT2D eigenvalue weighted by Gasteiger charge is 2.77. The SMILES string of the molecule is CC1=NC2CC(C(C3CCC4OC(C)=NC4C3)(C(F)(F)F)C(F)(F)F)CCC2O1. The Bertz CT molecular complexity index is 656. The molecule has 0 N–H and O–H groups in total. The minimum atomic E-state index is -5.42. The fourth-order valence-electron chi connectivity index (χ4n) is 6.00. The Labute approximate surface area is 164 Å². The molecule has 0 radical (unpaired) electrons. The molecule has 6 unspecified atom stereocenters. The van der Waals surface area contributed by atoms with E-state index in [1.54, 1.807) is 13.8 Å². The molecule has 0 amide bonds. The Morgan fingerprint density at radius 3 is 1.41 bits per heavy atom. The first-order valence-corrected chi connectivity index (χ1v) is 9.99. The van der Waals surface area contributed by atoms with Crippen LogP contribution in [0.4, 0.5) is 26.3 Å². The van der Waals surface area contributed by atoms with E-state index >= 15 is 0 Å². The third kappa shape index (κ3) is 3.21. The molecule has 2 aliphatic carbocycles. The smallest absolute Gasteiger partial charge is 0.403 e. The topological polar surface area (TPSA) is 43.2 Å². The molecule has 6 atom stereocenters. The van der Waals surface area contributed by atoms with Crippen LogP contribution < -0.4 is 0 Å². The van der Waals surface area contributed by atoms with E-state index in [-0.39, 0.29) is 38.5 Å². The summed E-state index contributed by atoms with van der Waals surface area (Å²) in [7, 11) is 0. The van der Waals surface area contributed by atoms with Gasteiger partial charge in [0.1, 0.15) is 12.2 Å². The first-order valence-electron chi connectivity index (χ1n) is 9.99. The van der Waals surface area contributed by atoms with Crippen molar-refractivity contribution in [1.29, 1.82) is 0 Å². The molecule has 2 saturated carbocycles. The summed E-state index contributed by atoms with van der Waals surface area (Å²) in [5, 5.41) is 0. The van der Waals surface area contributed by atoms with Crippen molar-refractivity contribution in [3.63, 3.8) is 0 Å². The number of fused-ring (bicyclic) bond motifs is 2. The van der Waals surface area contributed by atoms with Crippen LogP contribution in [0.25, 0.3) is 0 Å². The fraction of sp³-hybridized carbons (Fsp3) is 0.895.